The first-order chi connectivity index (χ1) is 18.9. The van der Waals surface area contributed by atoms with Crippen LogP contribution in [-0.2, 0) is 18.3 Å². The van der Waals surface area contributed by atoms with E-state index in [1.165, 1.54) is 65.9 Å². The fraction of sp³-hybridized carbons (Fsp3) is 0.231. The van der Waals surface area contributed by atoms with Gasteiger partial charge in [0.25, 0.3) is 5.91 Å². The average Bonchev–Trinajstić information content (AvgIpc) is 3.64. The van der Waals surface area contributed by atoms with Crippen molar-refractivity contribution in [3.05, 3.63) is 96.0 Å². The molecular formula is C26H21F5N6O2S. The minimum absolute atomic E-state index is 0.0299. The third kappa shape index (κ3) is 5.07. The van der Waals surface area contributed by atoms with Gasteiger partial charge in [-0.25, -0.2) is 23.4 Å². The van der Waals surface area contributed by atoms with E-state index >= 15 is 0 Å². The van der Waals surface area contributed by atoms with Gasteiger partial charge in [0, 0.05) is 31.1 Å². The molecule has 5 rings (SSSR count). The number of aliphatic hydroxyl groups is 1. The van der Waals surface area contributed by atoms with E-state index in [4.69, 9.17) is 0 Å². The largest absolute Gasteiger partial charge is 0.416 e. The monoisotopic (exact) mass is 576 g/mol. The van der Waals surface area contributed by atoms with E-state index in [2.05, 4.69) is 15.1 Å². The molecule has 14 heteroatoms. The van der Waals surface area contributed by atoms with Crippen molar-refractivity contribution in [2.45, 2.75) is 31.3 Å². The number of nitrogens with zero attached hydrogens (tertiary/aromatic N) is 6. The van der Waals surface area contributed by atoms with Gasteiger partial charge >= 0.3 is 6.18 Å². The molecule has 0 aliphatic rings. The van der Waals surface area contributed by atoms with Crippen LogP contribution in [0.5, 0.6) is 0 Å². The van der Waals surface area contributed by atoms with Crippen LogP contribution in [0, 0.1) is 11.6 Å². The molecular weight excluding hydrogens is 555 g/mol. The summed E-state index contributed by atoms with van der Waals surface area (Å²) in [6.45, 7) is 1.22. The van der Waals surface area contributed by atoms with Crippen LogP contribution in [0.1, 0.15) is 28.5 Å². The molecule has 0 radical (unpaired) electrons. The molecule has 3 aromatic heterocycles. The van der Waals surface area contributed by atoms with Crippen LogP contribution >= 0.6 is 11.3 Å². The fourth-order valence-electron chi connectivity index (χ4n) is 4.38. The lowest BCUT2D eigenvalue weighted by Gasteiger charge is -2.39. The van der Waals surface area contributed by atoms with Crippen molar-refractivity contribution in [1.29, 1.82) is 0 Å². The number of carbonyl (C=O) groups is 1. The zero-order valence-electron chi connectivity index (χ0n) is 21.0. The molecule has 2 aromatic carbocycles. The van der Waals surface area contributed by atoms with Gasteiger partial charge in [0.05, 0.1) is 23.0 Å². The molecule has 0 bridgehead atoms. The number of alkyl halides is 3. The van der Waals surface area contributed by atoms with Crippen molar-refractivity contribution < 1.29 is 31.9 Å². The summed E-state index contributed by atoms with van der Waals surface area (Å²) in [6, 6.07) is 6.43. The number of halogens is 5. The van der Waals surface area contributed by atoms with Crippen molar-refractivity contribution in [2.75, 3.05) is 7.05 Å². The Labute approximate surface area is 228 Å². The Kier molecular flexibility index (Phi) is 6.92. The van der Waals surface area contributed by atoms with Crippen LogP contribution in [0.15, 0.2) is 67.5 Å². The van der Waals surface area contributed by atoms with Gasteiger partial charge in [0.2, 0.25) is 0 Å². The number of hydrogen-bond acceptors (Lipinski definition) is 6. The van der Waals surface area contributed by atoms with E-state index in [1.54, 1.807) is 10.6 Å². The molecule has 40 heavy (non-hydrogen) atoms. The predicted molar refractivity (Wildman–Crippen MR) is 135 cm³/mol. The Balaban J connectivity index is 1.41. The fourth-order valence-corrected chi connectivity index (χ4v) is 5.35. The molecule has 0 saturated carbocycles. The number of rotatable bonds is 7. The van der Waals surface area contributed by atoms with E-state index in [1.807, 2.05) is 0 Å². The summed E-state index contributed by atoms with van der Waals surface area (Å²) in [4.78, 5) is 23.9. The van der Waals surface area contributed by atoms with Gasteiger partial charge in [0.1, 0.15) is 35.6 Å². The predicted octanol–water partition coefficient (Wildman–Crippen LogP) is 5.00. The highest BCUT2D eigenvalue weighted by Gasteiger charge is 2.43. The number of thiazole rings is 1. The standard InChI is InChI=1S/C26H21F5N6O2S/c1-15(25(39,12-37-14-32-13-33-37)19-8-7-18(27)9-20(19)28)35(2)23(38)21-10-36-11-22(40-24(36)34-21)16-3-5-17(6-4-16)26(29,30)31/h3-11,13-15,39H,12H2,1-2H3/t15-,25-/m1/s1. The van der Waals surface area contributed by atoms with Gasteiger partial charge in [-0.2, -0.15) is 18.3 Å². The number of hydrogen-bond donors (Lipinski definition) is 1. The maximum atomic E-state index is 14.9. The van der Waals surface area contributed by atoms with E-state index in [-0.39, 0.29) is 17.8 Å². The zero-order chi connectivity index (χ0) is 28.8. The maximum Gasteiger partial charge on any atom is 0.416 e. The summed E-state index contributed by atoms with van der Waals surface area (Å²) < 4.78 is 70.0. The molecule has 0 fully saturated rings. The van der Waals surface area contributed by atoms with E-state index in [0.29, 0.717) is 21.5 Å². The first-order valence-electron chi connectivity index (χ1n) is 11.8. The van der Waals surface area contributed by atoms with Gasteiger partial charge in [-0.1, -0.05) is 29.5 Å². The molecule has 1 amide bonds. The second kappa shape index (κ2) is 10.1. The van der Waals surface area contributed by atoms with Crippen LogP contribution in [0.4, 0.5) is 22.0 Å². The van der Waals surface area contributed by atoms with Crippen LogP contribution in [0.3, 0.4) is 0 Å². The first-order valence-corrected chi connectivity index (χ1v) is 12.6. The molecule has 2 atom stereocenters. The van der Waals surface area contributed by atoms with Crippen LogP contribution < -0.4 is 0 Å². The summed E-state index contributed by atoms with van der Waals surface area (Å²) in [5.41, 5.74) is -2.44. The van der Waals surface area contributed by atoms with Gasteiger partial charge in [0.15, 0.2) is 4.96 Å². The smallest absolute Gasteiger partial charge is 0.381 e. The molecule has 0 spiro atoms. The van der Waals surface area contributed by atoms with Crippen molar-refractivity contribution in [3.8, 4) is 10.4 Å². The van der Waals surface area contributed by atoms with Gasteiger partial charge < -0.3 is 10.0 Å². The third-order valence-corrected chi connectivity index (χ3v) is 7.78. The lowest BCUT2D eigenvalue weighted by Crippen LogP contribution is -2.52. The molecule has 0 aliphatic heterocycles. The van der Waals surface area contributed by atoms with Crippen molar-refractivity contribution in [1.82, 2.24) is 29.0 Å². The van der Waals surface area contributed by atoms with Crippen LogP contribution in [-0.4, -0.2) is 53.2 Å². The summed E-state index contributed by atoms with van der Waals surface area (Å²) in [7, 11) is 1.42. The number of imidazole rings is 1. The van der Waals surface area contributed by atoms with E-state index in [0.717, 1.165) is 24.3 Å². The zero-order valence-corrected chi connectivity index (χ0v) is 21.8. The number of fused-ring (bicyclic) bond motifs is 1. The normalized spacial score (nSPS) is 14.3. The first kappa shape index (κ1) is 27.4. The van der Waals surface area contributed by atoms with Crippen molar-refractivity contribution >= 4 is 22.2 Å². The average molecular weight is 577 g/mol. The SMILES string of the molecule is C[C@@H](N(C)C(=O)c1cn2cc(-c3ccc(C(F)(F)F)cc3)sc2n1)[C@](O)(Cn1cncn1)c1ccc(F)cc1F. The minimum atomic E-state index is -4.44. The van der Waals surface area contributed by atoms with Gasteiger partial charge in [-0.05, 0) is 30.7 Å². The lowest BCUT2D eigenvalue weighted by molar-refractivity contribution is -0.137. The number of benzene rings is 2. The second-order valence-electron chi connectivity index (χ2n) is 9.22. The Hall–Kier alpha value is -4.17. The summed E-state index contributed by atoms with van der Waals surface area (Å²) in [5, 5.41) is 15.7. The maximum absolute atomic E-state index is 14.9. The van der Waals surface area contributed by atoms with Crippen LogP contribution in [0.25, 0.3) is 15.4 Å². The van der Waals surface area contributed by atoms with E-state index in [9.17, 15) is 31.9 Å². The molecule has 0 aliphatic carbocycles. The Morgan fingerprint density at radius 3 is 2.45 bits per heavy atom. The number of aromatic nitrogens is 5. The number of likely N-dealkylation sites (N-methyl/N-ethyl adjacent to an activating group) is 1. The molecule has 3 heterocycles. The third-order valence-electron chi connectivity index (χ3n) is 6.73. The van der Waals surface area contributed by atoms with Gasteiger partial charge in [-0.15, -0.1) is 0 Å². The van der Waals surface area contributed by atoms with Crippen LogP contribution in [0.2, 0.25) is 0 Å². The topological polar surface area (TPSA) is 88.5 Å². The Morgan fingerprint density at radius 1 is 1.12 bits per heavy atom. The summed E-state index contributed by atoms with van der Waals surface area (Å²) in [5.74, 6) is -2.40. The van der Waals surface area contributed by atoms with E-state index < -0.39 is 40.9 Å². The molecule has 0 saturated heterocycles. The number of carbonyl (C=O) groups excluding carboxylic acids is 1. The van der Waals surface area contributed by atoms with Crippen molar-refractivity contribution in [2.24, 2.45) is 0 Å². The highest BCUT2D eigenvalue weighted by atomic mass is 32.1. The molecule has 8 nitrogen and oxygen atoms in total. The Morgan fingerprint density at radius 2 is 1.85 bits per heavy atom. The quantitative estimate of drug-likeness (QED) is 0.276. The minimum Gasteiger partial charge on any atom is -0.381 e. The highest BCUT2D eigenvalue weighted by Crippen LogP contribution is 2.35. The summed E-state index contributed by atoms with van der Waals surface area (Å²) >= 11 is 1.18. The molecule has 5 aromatic rings. The highest BCUT2D eigenvalue weighted by molar-refractivity contribution is 7.20. The molecule has 208 valence electrons. The Bertz CT molecular complexity index is 1630. The number of amides is 1. The lowest BCUT2D eigenvalue weighted by atomic mass is 9.85. The second-order valence-corrected chi connectivity index (χ2v) is 10.2. The molecule has 1 N–H and O–H groups in total. The van der Waals surface area contributed by atoms with Crippen molar-refractivity contribution in [3.63, 3.8) is 0 Å². The molecule has 0 unspecified atom stereocenters. The summed E-state index contributed by atoms with van der Waals surface area (Å²) in [6.07, 6.45) is 1.21. The van der Waals surface area contributed by atoms with Gasteiger partial charge in [-0.3, -0.25) is 9.20 Å².